The molecule has 0 aliphatic carbocycles. The summed E-state index contributed by atoms with van der Waals surface area (Å²) in [5, 5.41) is 13.0. The minimum absolute atomic E-state index is 0.0791. The molecule has 0 atom stereocenters. The number of hydrogen-bond acceptors (Lipinski definition) is 3. The molecule has 2 rings (SSSR count). The number of pyridine rings is 1. The first-order valence-electron chi connectivity index (χ1n) is 4.53. The van der Waals surface area contributed by atoms with E-state index in [1.807, 2.05) is 18.3 Å². The maximum absolute atomic E-state index is 9.11. The van der Waals surface area contributed by atoms with E-state index < -0.39 is 0 Å². The van der Waals surface area contributed by atoms with E-state index in [0.717, 1.165) is 5.56 Å². The molecule has 74 valence electrons. The first-order chi connectivity index (χ1) is 6.47. The standard InChI is InChI=1S/C10H13N3O/c1-10(2,3)7-4-5-8-11-9(14)12-13(8)6-7/h4-6H,1-3H3,(H,12,14). The Bertz CT molecular complexity index is 468. The van der Waals surface area contributed by atoms with Crippen molar-refractivity contribution in [3.63, 3.8) is 0 Å². The second-order valence-corrected chi connectivity index (χ2v) is 4.38. The third-order valence-electron chi connectivity index (χ3n) is 2.19. The molecular formula is C10H13N3O. The number of nitrogens with zero attached hydrogens (tertiary/aromatic N) is 3. The Kier molecular flexibility index (Phi) is 1.74. The normalized spacial score (nSPS) is 12.2. The average molecular weight is 191 g/mol. The predicted octanol–water partition coefficient (Wildman–Crippen LogP) is 1.73. The summed E-state index contributed by atoms with van der Waals surface area (Å²) in [6.07, 6.45) is 1.89. The maximum atomic E-state index is 9.11. The summed E-state index contributed by atoms with van der Waals surface area (Å²) in [5.41, 5.74) is 1.90. The summed E-state index contributed by atoms with van der Waals surface area (Å²) < 4.78 is 1.59. The Morgan fingerprint density at radius 3 is 2.64 bits per heavy atom. The first-order valence-corrected chi connectivity index (χ1v) is 4.53. The van der Waals surface area contributed by atoms with E-state index in [1.165, 1.54) is 0 Å². The summed E-state index contributed by atoms with van der Waals surface area (Å²) in [5.74, 6) is 0. The molecule has 0 spiro atoms. The van der Waals surface area contributed by atoms with Gasteiger partial charge in [0.05, 0.1) is 0 Å². The summed E-state index contributed by atoms with van der Waals surface area (Å²) in [6.45, 7) is 6.39. The Balaban J connectivity index is 2.62. The molecule has 1 N–H and O–H groups in total. The van der Waals surface area contributed by atoms with Crippen molar-refractivity contribution in [2.45, 2.75) is 26.2 Å². The molecule has 2 aromatic heterocycles. The van der Waals surface area contributed by atoms with Crippen LogP contribution in [0.5, 0.6) is 6.01 Å². The van der Waals surface area contributed by atoms with Gasteiger partial charge in [0.15, 0.2) is 5.65 Å². The summed E-state index contributed by atoms with van der Waals surface area (Å²) >= 11 is 0. The van der Waals surface area contributed by atoms with Crippen LogP contribution in [0, 0.1) is 0 Å². The number of rotatable bonds is 0. The van der Waals surface area contributed by atoms with Gasteiger partial charge in [0.1, 0.15) is 0 Å². The van der Waals surface area contributed by atoms with E-state index in [1.54, 1.807) is 4.52 Å². The molecule has 0 fully saturated rings. The Morgan fingerprint density at radius 1 is 1.29 bits per heavy atom. The van der Waals surface area contributed by atoms with Crippen molar-refractivity contribution < 1.29 is 5.11 Å². The molecule has 2 aromatic rings. The van der Waals surface area contributed by atoms with E-state index in [9.17, 15) is 0 Å². The van der Waals surface area contributed by atoms with Crippen molar-refractivity contribution in [1.82, 2.24) is 14.6 Å². The minimum Gasteiger partial charge on any atom is -0.478 e. The first kappa shape index (κ1) is 8.99. The second-order valence-electron chi connectivity index (χ2n) is 4.38. The van der Waals surface area contributed by atoms with Gasteiger partial charge in [0.2, 0.25) is 0 Å². The number of hydrogen-bond donors (Lipinski definition) is 1. The molecule has 0 bridgehead atoms. The SMILES string of the molecule is CC(C)(C)c1ccc2nc(O)nn2c1. The fraction of sp³-hybridized carbons (Fsp3) is 0.400. The molecule has 0 unspecified atom stereocenters. The molecule has 0 aromatic carbocycles. The zero-order valence-corrected chi connectivity index (χ0v) is 8.52. The molecular weight excluding hydrogens is 178 g/mol. The molecule has 4 heteroatoms. The molecule has 4 nitrogen and oxygen atoms in total. The van der Waals surface area contributed by atoms with Gasteiger partial charge in [0, 0.05) is 6.20 Å². The lowest BCUT2D eigenvalue weighted by Crippen LogP contribution is -2.12. The largest absolute Gasteiger partial charge is 0.478 e. The highest BCUT2D eigenvalue weighted by atomic mass is 16.3. The molecule has 0 amide bonds. The maximum Gasteiger partial charge on any atom is 0.333 e. The van der Waals surface area contributed by atoms with Gasteiger partial charge in [-0.3, -0.25) is 0 Å². The molecule has 0 aliphatic heterocycles. The van der Waals surface area contributed by atoms with Crippen LogP contribution in [0.25, 0.3) is 5.65 Å². The third-order valence-corrected chi connectivity index (χ3v) is 2.19. The van der Waals surface area contributed by atoms with Crippen molar-refractivity contribution in [3.05, 3.63) is 23.9 Å². The van der Waals surface area contributed by atoms with Crippen molar-refractivity contribution in [1.29, 1.82) is 0 Å². The van der Waals surface area contributed by atoms with Gasteiger partial charge in [-0.15, -0.1) is 5.10 Å². The molecule has 0 aliphatic rings. The van der Waals surface area contributed by atoms with Gasteiger partial charge >= 0.3 is 6.01 Å². The van der Waals surface area contributed by atoms with Crippen LogP contribution in [-0.4, -0.2) is 19.7 Å². The van der Waals surface area contributed by atoms with Gasteiger partial charge < -0.3 is 5.11 Å². The zero-order valence-electron chi connectivity index (χ0n) is 8.52. The number of fused-ring (bicyclic) bond motifs is 1. The van der Waals surface area contributed by atoms with Crippen LogP contribution in [0.15, 0.2) is 18.3 Å². The van der Waals surface area contributed by atoms with Crippen LogP contribution in [0.4, 0.5) is 0 Å². The Morgan fingerprint density at radius 2 is 2.00 bits per heavy atom. The van der Waals surface area contributed by atoms with E-state index in [0.29, 0.717) is 5.65 Å². The Labute approximate surface area is 82.2 Å². The monoisotopic (exact) mass is 191 g/mol. The van der Waals surface area contributed by atoms with Crippen molar-refractivity contribution in [2.24, 2.45) is 0 Å². The fourth-order valence-corrected chi connectivity index (χ4v) is 1.32. The van der Waals surface area contributed by atoms with E-state index in [4.69, 9.17) is 5.11 Å². The van der Waals surface area contributed by atoms with Crippen LogP contribution >= 0.6 is 0 Å². The molecule has 0 saturated carbocycles. The molecule has 14 heavy (non-hydrogen) atoms. The van der Waals surface area contributed by atoms with Crippen LogP contribution in [-0.2, 0) is 5.41 Å². The van der Waals surface area contributed by atoms with Crippen molar-refractivity contribution >= 4 is 5.65 Å². The Hall–Kier alpha value is -1.58. The highest BCUT2D eigenvalue weighted by Crippen LogP contribution is 2.22. The van der Waals surface area contributed by atoms with Crippen LogP contribution in [0.1, 0.15) is 26.3 Å². The predicted molar refractivity (Wildman–Crippen MR) is 53.4 cm³/mol. The van der Waals surface area contributed by atoms with Crippen LogP contribution in [0.3, 0.4) is 0 Å². The minimum atomic E-state index is -0.184. The lowest BCUT2D eigenvalue weighted by atomic mass is 9.88. The third kappa shape index (κ3) is 1.43. The summed E-state index contributed by atoms with van der Waals surface area (Å²) in [6, 6.07) is 3.67. The highest BCUT2D eigenvalue weighted by molar-refractivity contribution is 5.40. The van der Waals surface area contributed by atoms with Gasteiger partial charge in [-0.2, -0.15) is 4.98 Å². The lowest BCUT2D eigenvalue weighted by Gasteiger charge is -2.18. The van der Waals surface area contributed by atoms with E-state index >= 15 is 0 Å². The second kappa shape index (κ2) is 2.70. The lowest BCUT2D eigenvalue weighted by molar-refractivity contribution is 0.431. The molecule has 0 radical (unpaired) electrons. The van der Waals surface area contributed by atoms with Crippen molar-refractivity contribution in [2.75, 3.05) is 0 Å². The van der Waals surface area contributed by atoms with Gasteiger partial charge in [-0.1, -0.05) is 26.8 Å². The van der Waals surface area contributed by atoms with Gasteiger partial charge in [-0.05, 0) is 17.0 Å². The summed E-state index contributed by atoms with van der Waals surface area (Å²) in [4.78, 5) is 3.84. The van der Waals surface area contributed by atoms with E-state index in [-0.39, 0.29) is 11.4 Å². The smallest absolute Gasteiger partial charge is 0.333 e. The highest BCUT2D eigenvalue weighted by Gasteiger charge is 2.14. The molecule has 0 saturated heterocycles. The van der Waals surface area contributed by atoms with E-state index in [2.05, 4.69) is 30.9 Å². The van der Waals surface area contributed by atoms with Gasteiger partial charge in [-0.25, -0.2) is 4.52 Å². The zero-order chi connectivity index (χ0) is 10.3. The van der Waals surface area contributed by atoms with Crippen LogP contribution in [0.2, 0.25) is 0 Å². The van der Waals surface area contributed by atoms with Crippen LogP contribution < -0.4 is 0 Å². The fourth-order valence-electron chi connectivity index (χ4n) is 1.32. The topological polar surface area (TPSA) is 50.4 Å². The summed E-state index contributed by atoms with van der Waals surface area (Å²) in [7, 11) is 0. The van der Waals surface area contributed by atoms with Gasteiger partial charge in [0.25, 0.3) is 0 Å². The number of aromatic nitrogens is 3. The quantitative estimate of drug-likeness (QED) is 0.690. The average Bonchev–Trinajstić information content (AvgIpc) is 2.41. The number of aromatic hydroxyl groups is 1. The van der Waals surface area contributed by atoms with Crippen molar-refractivity contribution in [3.8, 4) is 6.01 Å². The molecule has 2 heterocycles.